The first kappa shape index (κ1) is 12.9. The molecule has 1 N–H and O–H groups in total. The van der Waals surface area contributed by atoms with Crippen LogP contribution in [0.3, 0.4) is 0 Å². The molecule has 2 saturated carbocycles. The minimum Gasteiger partial charge on any atom is -0.297 e. The van der Waals surface area contributed by atoms with Gasteiger partial charge < -0.3 is 0 Å². The molecule has 2 aliphatic carbocycles. The molecule has 0 heterocycles. The molecule has 96 valence electrons. The quantitative estimate of drug-likeness (QED) is 0.701. The maximum atomic E-state index is 9.40. The first-order valence-electron chi connectivity index (χ1n) is 7.10. The van der Waals surface area contributed by atoms with Crippen LogP contribution in [-0.4, -0.2) is 35.6 Å². The molecule has 0 bridgehead atoms. The van der Waals surface area contributed by atoms with Crippen molar-refractivity contribution < 1.29 is 0 Å². The minimum absolute atomic E-state index is 0.350. The Bertz CT molecular complexity index is 288. The fourth-order valence-electron chi connectivity index (χ4n) is 2.39. The molecule has 0 aromatic heterocycles. The van der Waals surface area contributed by atoms with Gasteiger partial charge in [0.05, 0.1) is 6.07 Å². The molecule has 3 nitrogen and oxygen atoms in total. The van der Waals surface area contributed by atoms with Crippen molar-refractivity contribution in [3.8, 4) is 6.07 Å². The molecule has 0 saturated heterocycles. The number of hydrogen-bond acceptors (Lipinski definition) is 3. The largest absolute Gasteiger partial charge is 0.297 e. The molecular formula is C14H25N3. The molecule has 0 aliphatic heterocycles. The Morgan fingerprint density at radius 3 is 2.53 bits per heavy atom. The highest BCUT2D eigenvalue weighted by Gasteiger charge is 2.37. The predicted octanol–water partition coefficient (Wildman–Crippen LogP) is 2.29. The van der Waals surface area contributed by atoms with Crippen molar-refractivity contribution >= 4 is 0 Å². The Labute approximate surface area is 105 Å². The van der Waals surface area contributed by atoms with Crippen molar-refractivity contribution in [3.05, 3.63) is 0 Å². The summed E-state index contributed by atoms with van der Waals surface area (Å²) < 4.78 is 0. The van der Waals surface area contributed by atoms with E-state index in [1.54, 1.807) is 0 Å². The standard InChI is InChI=1S/C14H25N3/c1-3-4-9-17(13-7-8-13)11-14(2,10-15)16-12-5-6-12/h12-13,16H,3-9,11H2,1-2H3. The van der Waals surface area contributed by atoms with Gasteiger partial charge in [-0.1, -0.05) is 13.3 Å². The Morgan fingerprint density at radius 1 is 1.35 bits per heavy atom. The second-order valence-corrected chi connectivity index (χ2v) is 5.92. The normalized spacial score (nSPS) is 23.4. The van der Waals surface area contributed by atoms with E-state index < -0.39 is 0 Å². The van der Waals surface area contributed by atoms with Crippen molar-refractivity contribution in [3.63, 3.8) is 0 Å². The number of rotatable bonds is 8. The average molecular weight is 235 g/mol. The van der Waals surface area contributed by atoms with Crippen molar-refractivity contribution in [1.29, 1.82) is 5.26 Å². The van der Waals surface area contributed by atoms with Crippen LogP contribution < -0.4 is 5.32 Å². The van der Waals surface area contributed by atoms with E-state index in [0.717, 1.165) is 19.1 Å². The van der Waals surface area contributed by atoms with Gasteiger partial charge in [0.15, 0.2) is 0 Å². The summed E-state index contributed by atoms with van der Waals surface area (Å²) in [5.74, 6) is 0. The lowest BCUT2D eigenvalue weighted by molar-refractivity contribution is 0.207. The van der Waals surface area contributed by atoms with Gasteiger partial charge in [-0.25, -0.2) is 0 Å². The van der Waals surface area contributed by atoms with Crippen LogP contribution in [0.1, 0.15) is 52.4 Å². The molecule has 17 heavy (non-hydrogen) atoms. The molecule has 2 aliphatic rings. The predicted molar refractivity (Wildman–Crippen MR) is 69.7 cm³/mol. The molecule has 1 unspecified atom stereocenters. The SMILES string of the molecule is CCCCN(CC(C)(C#N)NC1CC1)C1CC1. The number of hydrogen-bond donors (Lipinski definition) is 1. The van der Waals surface area contributed by atoms with Crippen molar-refractivity contribution in [1.82, 2.24) is 10.2 Å². The molecular weight excluding hydrogens is 210 g/mol. The third kappa shape index (κ3) is 3.97. The third-order valence-electron chi connectivity index (χ3n) is 3.73. The van der Waals surface area contributed by atoms with Gasteiger partial charge in [0.1, 0.15) is 5.54 Å². The zero-order valence-corrected chi connectivity index (χ0v) is 11.2. The topological polar surface area (TPSA) is 39.1 Å². The Morgan fingerprint density at radius 2 is 2.06 bits per heavy atom. The molecule has 0 spiro atoms. The molecule has 2 rings (SSSR count). The molecule has 0 aromatic carbocycles. The maximum Gasteiger partial charge on any atom is 0.116 e. The first-order chi connectivity index (χ1) is 8.17. The number of nitrogens with one attached hydrogen (secondary N) is 1. The lowest BCUT2D eigenvalue weighted by atomic mass is 10.0. The summed E-state index contributed by atoms with van der Waals surface area (Å²) in [6, 6.07) is 3.85. The highest BCUT2D eigenvalue weighted by atomic mass is 15.2. The van der Waals surface area contributed by atoms with Gasteiger partial charge in [0, 0.05) is 18.6 Å². The molecule has 0 amide bonds. The van der Waals surface area contributed by atoms with E-state index in [1.807, 2.05) is 0 Å². The summed E-state index contributed by atoms with van der Waals surface area (Å²) in [4.78, 5) is 2.53. The maximum absolute atomic E-state index is 9.40. The second-order valence-electron chi connectivity index (χ2n) is 5.92. The summed E-state index contributed by atoms with van der Waals surface area (Å²) in [5.41, 5.74) is -0.350. The van der Waals surface area contributed by atoms with Crippen LogP contribution in [0.25, 0.3) is 0 Å². The van der Waals surface area contributed by atoms with Crippen molar-refractivity contribution in [2.45, 2.75) is 70.0 Å². The molecule has 2 fully saturated rings. The summed E-state index contributed by atoms with van der Waals surface area (Å²) in [5, 5.41) is 12.9. The lowest BCUT2D eigenvalue weighted by Crippen LogP contribution is -2.52. The Balaban J connectivity index is 1.86. The fraction of sp³-hybridized carbons (Fsp3) is 0.929. The van der Waals surface area contributed by atoms with Crippen LogP contribution in [0.2, 0.25) is 0 Å². The lowest BCUT2D eigenvalue weighted by Gasteiger charge is -2.31. The van der Waals surface area contributed by atoms with Crippen LogP contribution in [0.15, 0.2) is 0 Å². The van der Waals surface area contributed by atoms with Gasteiger partial charge >= 0.3 is 0 Å². The van der Waals surface area contributed by atoms with Crippen LogP contribution in [0.5, 0.6) is 0 Å². The highest BCUT2D eigenvalue weighted by molar-refractivity contribution is 5.10. The summed E-state index contributed by atoms with van der Waals surface area (Å²) >= 11 is 0. The van der Waals surface area contributed by atoms with Gasteiger partial charge in [0.2, 0.25) is 0 Å². The van der Waals surface area contributed by atoms with Gasteiger partial charge in [-0.3, -0.25) is 10.2 Å². The number of nitriles is 1. The Kier molecular flexibility index (Phi) is 4.06. The summed E-state index contributed by atoms with van der Waals surface area (Å²) in [6.07, 6.45) is 7.64. The van der Waals surface area contributed by atoms with Gasteiger partial charge in [-0.15, -0.1) is 0 Å². The van der Waals surface area contributed by atoms with E-state index in [9.17, 15) is 5.26 Å². The molecule has 0 radical (unpaired) electrons. The zero-order chi connectivity index (χ0) is 12.3. The fourth-order valence-corrected chi connectivity index (χ4v) is 2.39. The molecule has 1 atom stereocenters. The van der Waals surface area contributed by atoms with Crippen LogP contribution in [0.4, 0.5) is 0 Å². The first-order valence-corrected chi connectivity index (χ1v) is 7.10. The van der Waals surface area contributed by atoms with Crippen molar-refractivity contribution in [2.24, 2.45) is 0 Å². The van der Waals surface area contributed by atoms with Gasteiger partial charge in [-0.2, -0.15) is 5.26 Å². The second kappa shape index (κ2) is 5.37. The van der Waals surface area contributed by atoms with Gasteiger partial charge in [0.25, 0.3) is 0 Å². The van der Waals surface area contributed by atoms with E-state index in [4.69, 9.17) is 0 Å². The van der Waals surface area contributed by atoms with E-state index >= 15 is 0 Å². The summed E-state index contributed by atoms with van der Waals surface area (Å²) in [6.45, 7) is 6.35. The zero-order valence-electron chi connectivity index (χ0n) is 11.2. The summed E-state index contributed by atoms with van der Waals surface area (Å²) in [7, 11) is 0. The molecule has 0 aromatic rings. The van der Waals surface area contributed by atoms with Crippen molar-refractivity contribution in [2.75, 3.05) is 13.1 Å². The Hall–Kier alpha value is -0.590. The average Bonchev–Trinajstić information content (AvgIpc) is 3.15. The molecule has 3 heteroatoms. The number of unbranched alkanes of at least 4 members (excludes halogenated alkanes) is 1. The van der Waals surface area contributed by atoms with E-state index in [0.29, 0.717) is 6.04 Å². The van der Waals surface area contributed by atoms with E-state index in [1.165, 1.54) is 38.5 Å². The highest BCUT2D eigenvalue weighted by Crippen LogP contribution is 2.29. The number of nitrogens with zero attached hydrogens (tertiary/aromatic N) is 2. The third-order valence-corrected chi connectivity index (χ3v) is 3.73. The van der Waals surface area contributed by atoms with Crippen LogP contribution >= 0.6 is 0 Å². The van der Waals surface area contributed by atoms with Crippen LogP contribution in [0, 0.1) is 11.3 Å². The van der Waals surface area contributed by atoms with E-state index in [2.05, 4.69) is 30.1 Å². The monoisotopic (exact) mass is 235 g/mol. The van der Waals surface area contributed by atoms with Gasteiger partial charge in [-0.05, 0) is 45.6 Å². The minimum atomic E-state index is -0.350. The smallest absolute Gasteiger partial charge is 0.116 e. The van der Waals surface area contributed by atoms with E-state index in [-0.39, 0.29) is 5.54 Å². The van der Waals surface area contributed by atoms with Crippen LogP contribution in [-0.2, 0) is 0 Å².